The van der Waals surface area contributed by atoms with Gasteiger partial charge < -0.3 is 14.8 Å². The summed E-state index contributed by atoms with van der Waals surface area (Å²) in [7, 11) is 5.33. The molecule has 3 nitrogen and oxygen atoms in total. The Labute approximate surface area is 104 Å². The van der Waals surface area contributed by atoms with Gasteiger partial charge in [-0.3, -0.25) is 0 Å². The second-order valence-corrected chi connectivity index (χ2v) is 4.42. The predicted molar refractivity (Wildman–Crippen MR) is 71.3 cm³/mol. The molecule has 1 aromatic rings. The molecule has 0 aromatic heterocycles. The van der Waals surface area contributed by atoms with Crippen LogP contribution in [0.25, 0.3) is 0 Å². The van der Waals surface area contributed by atoms with Crippen LogP contribution < -0.4 is 14.8 Å². The van der Waals surface area contributed by atoms with Gasteiger partial charge in [0.2, 0.25) is 0 Å². The van der Waals surface area contributed by atoms with Crippen LogP contribution in [0.5, 0.6) is 11.5 Å². The molecule has 0 heterocycles. The Hall–Kier alpha value is -1.22. The summed E-state index contributed by atoms with van der Waals surface area (Å²) in [6.45, 7) is 5.30. The third kappa shape index (κ3) is 3.37. The standard InChI is InChI=1S/C14H23NO2/c1-10(2)12-8-11(6-7-15-3)14(17-5)13(9-12)16-4/h8-10,15H,6-7H2,1-5H3. The highest BCUT2D eigenvalue weighted by Gasteiger charge is 2.13. The van der Waals surface area contributed by atoms with Crippen molar-refractivity contribution in [2.75, 3.05) is 27.8 Å². The number of hydrogen-bond acceptors (Lipinski definition) is 3. The van der Waals surface area contributed by atoms with Crippen molar-refractivity contribution >= 4 is 0 Å². The summed E-state index contributed by atoms with van der Waals surface area (Å²) in [5.74, 6) is 2.17. The first-order valence-electron chi connectivity index (χ1n) is 6.03. The maximum atomic E-state index is 5.45. The van der Waals surface area contributed by atoms with Gasteiger partial charge in [-0.15, -0.1) is 0 Å². The normalized spacial score (nSPS) is 10.7. The van der Waals surface area contributed by atoms with E-state index in [1.165, 1.54) is 11.1 Å². The lowest BCUT2D eigenvalue weighted by atomic mass is 9.98. The lowest BCUT2D eigenvalue weighted by Gasteiger charge is -2.16. The van der Waals surface area contributed by atoms with Crippen molar-refractivity contribution < 1.29 is 9.47 Å². The Morgan fingerprint density at radius 1 is 1.18 bits per heavy atom. The van der Waals surface area contributed by atoms with Crippen LogP contribution >= 0.6 is 0 Å². The van der Waals surface area contributed by atoms with Gasteiger partial charge in [-0.25, -0.2) is 0 Å². The zero-order valence-electron chi connectivity index (χ0n) is 11.5. The van der Waals surface area contributed by atoms with E-state index < -0.39 is 0 Å². The van der Waals surface area contributed by atoms with Crippen molar-refractivity contribution in [3.05, 3.63) is 23.3 Å². The molecule has 96 valence electrons. The van der Waals surface area contributed by atoms with Crippen LogP contribution in [0.3, 0.4) is 0 Å². The lowest BCUT2D eigenvalue weighted by Crippen LogP contribution is -2.11. The van der Waals surface area contributed by atoms with Crippen molar-refractivity contribution in [1.29, 1.82) is 0 Å². The number of nitrogens with one attached hydrogen (secondary N) is 1. The fourth-order valence-electron chi connectivity index (χ4n) is 1.85. The molecule has 0 aliphatic carbocycles. The van der Waals surface area contributed by atoms with E-state index in [2.05, 4.69) is 31.3 Å². The second-order valence-electron chi connectivity index (χ2n) is 4.42. The molecular weight excluding hydrogens is 214 g/mol. The SMILES string of the molecule is CNCCc1cc(C(C)C)cc(OC)c1OC. The maximum absolute atomic E-state index is 5.45. The highest BCUT2D eigenvalue weighted by Crippen LogP contribution is 2.35. The van der Waals surface area contributed by atoms with Gasteiger partial charge in [0.25, 0.3) is 0 Å². The molecule has 0 aliphatic heterocycles. The fraction of sp³-hybridized carbons (Fsp3) is 0.571. The molecule has 1 rings (SSSR count). The number of hydrogen-bond donors (Lipinski definition) is 1. The third-order valence-corrected chi connectivity index (χ3v) is 2.89. The summed E-state index contributed by atoms with van der Waals surface area (Å²) in [6, 6.07) is 4.27. The van der Waals surface area contributed by atoms with Crippen LogP contribution in [0.4, 0.5) is 0 Å². The number of ether oxygens (including phenoxy) is 2. The van der Waals surface area contributed by atoms with Gasteiger partial charge in [-0.1, -0.05) is 19.9 Å². The predicted octanol–water partition coefficient (Wildman–Crippen LogP) is 2.59. The summed E-state index contributed by atoms with van der Waals surface area (Å²) in [5.41, 5.74) is 2.48. The highest BCUT2D eigenvalue weighted by atomic mass is 16.5. The summed E-state index contributed by atoms with van der Waals surface area (Å²) < 4.78 is 10.8. The molecule has 3 heteroatoms. The van der Waals surface area contributed by atoms with Crippen LogP contribution in [-0.4, -0.2) is 27.8 Å². The van der Waals surface area contributed by atoms with Crippen molar-refractivity contribution in [2.45, 2.75) is 26.2 Å². The zero-order valence-corrected chi connectivity index (χ0v) is 11.5. The van der Waals surface area contributed by atoms with Crippen LogP contribution in [0.2, 0.25) is 0 Å². The van der Waals surface area contributed by atoms with E-state index in [0.29, 0.717) is 5.92 Å². The molecule has 0 bridgehead atoms. The molecule has 0 atom stereocenters. The molecule has 0 unspecified atom stereocenters. The molecular formula is C14H23NO2. The molecule has 0 saturated heterocycles. The Morgan fingerprint density at radius 2 is 1.88 bits per heavy atom. The molecule has 1 aromatic carbocycles. The minimum atomic E-state index is 0.489. The molecule has 17 heavy (non-hydrogen) atoms. The molecule has 0 aliphatic rings. The van der Waals surface area contributed by atoms with Gasteiger partial charge in [0.05, 0.1) is 14.2 Å². The van der Waals surface area contributed by atoms with Crippen LogP contribution in [0, 0.1) is 0 Å². The van der Waals surface area contributed by atoms with Gasteiger partial charge in [0, 0.05) is 0 Å². The first kappa shape index (κ1) is 13.8. The Kier molecular flexibility index (Phi) is 5.29. The zero-order chi connectivity index (χ0) is 12.8. The van der Waals surface area contributed by atoms with E-state index in [-0.39, 0.29) is 0 Å². The van der Waals surface area contributed by atoms with E-state index in [9.17, 15) is 0 Å². The lowest BCUT2D eigenvalue weighted by molar-refractivity contribution is 0.351. The van der Waals surface area contributed by atoms with E-state index in [1.54, 1.807) is 14.2 Å². The Morgan fingerprint density at radius 3 is 2.35 bits per heavy atom. The number of rotatable bonds is 6. The van der Waals surface area contributed by atoms with E-state index in [1.807, 2.05) is 7.05 Å². The fourth-order valence-corrected chi connectivity index (χ4v) is 1.85. The Balaban J connectivity index is 3.17. The van der Waals surface area contributed by atoms with Crippen molar-refractivity contribution in [1.82, 2.24) is 5.32 Å². The van der Waals surface area contributed by atoms with Crippen LogP contribution in [0.1, 0.15) is 30.9 Å². The average Bonchev–Trinajstić information content (AvgIpc) is 2.34. The number of likely N-dealkylation sites (N-methyl/N-ethyl adjacent to an activating group) is 1. The van der Waals surface area contributed by atoms with E-state index in [0.717, 1.165) is 24.5 Å². The highest BCUT2D eigenvalue weighted by molar-refractivity contribution is 5.50. The van der Waals surface area contributed by atoms with Crippen molar-refractivity contribution in [2.24, 2.45) is 0 Å². The van der Waals surface area contributed by atoms with E-state index >= 15 is 0 Å². The minimum absolute atomic E-state index is 0.489. The van der Waals surface area contributed by atoms with Gasteiger partial charge in [-0.2, -0.15) is 0 Å². The monoisotopic (exact) mass is 237 g/mol. The van der Waals surface area contributed by atoms with Gasteiger partial charge in [0.1, 0.15) is 0 Å². The summed E-state index contributed by atoms with van der Waals surface area (Å²) >= 11 is 0. The summed E-state index contributed by atoms with van der Waals surface area (Å²) in [5, 5.41) is 3.16. The van der Waals surface area contributed by atoms with Gasteiger partial charge in [0.15, 0.2) is 11.5 Å². The molecule has 0 saturated carbocycles. The summed E-state index contributed by atoms with van der Waals surface area (Å²) in [4.78, 5) is 0. The topological polar surface area (TPSA) is 30.5 Å². The first-order chi connectivity index (χ1) is 8.13. The van der Waals surface area contributed by atoms with Crippen LogP contribution in [-0.2, 0) is 6.42 Å². The first-order valence-corrected chi connectivity index (χ1v) is 6.03. The molecule has 1 N–H and O–H groups in total. The number of benzene rings is 1. The third-order valence-electron chi connectivity index (χ3n) is 2.89. The van der Waals surface area contributed by atoms with Crippen molar-refractivity contribution in [3.63, 3.8) is 0 Å². The van der Waals surface area contributed by atoms with Gasteiger partial charge >= 0.3 is 0 Å². The smallest absolute Gasteiger partial charge is 0.163 e. The largest absolute Gasteiger partial charge is 0.493 e. The minimum Gasteiger partial charge on any atom is -0.493 e. The summed E-state index contributed by atoms with van der Waals surface area (Å²) in [6.07, 6.45) is 0.941. The molecule has 0 radical (unpaired) electrons. The van der Waals surface area contributed by atoms with Crippen LogP contribution in [0.15, 0.2) is 12.1 Å². The van der Waals surface area contributed by atoms with Gasteiger partial charge in [-0.05, 0) is 43.1 Å². The maximum Gasteiger partial charge on any atom is 0.163 e. The number of methoxy groups -OCH3 is 2. The quantitative estimate of drug-likeness (QED) is 0.825. The van der Waals surface area contributed by atoms with E-state index in [4.69, 9.17) is 9.47 Å². The molecule has 0 amide bonds. The average molecular weight is 237 g/mol. The Bertz CT molecular complexity index is 361. The second kappa shape index (κ2) is 6.50. The molecule has 0 spiro atoms. The molecule has 0 fully saturated rings. The van der Waals surface area contributed by atoms with Crippen molar-refractivity contribution in [3.8, 4) is 11.5 Å².